The van der Waals surface area contributed by atoms with Crippen LogP contribution in [0.4, 0.5) is 9.59 Å². The number of ether oxygens (including phenoxy) is 2. The number of rotatable bonds is 5. The molecule has 2 heterocycles. The maximum absolute atomic E-state index is 13.6. The molecular formula is C30H45BN2O6. The van der Waals surface area contributed by atoms with E-state index in [2.05, 4.69) is 0 Å². The van der Waals surface area contributed by atoms with Gasteiger partial charge in [0.25, 0.3) is 0 Å². The van der Waals surface area contributed by atoms with Gasteiger partial charge in [-0.15, -0.1) is 0 Å². The first-order valence-corrected chi connectivity index (χ1v) is 14.1. The second kappa shape index (κ2) is 10.1. The molecule has 2 aromatic rings. The van der Waals surface area contributed by atoms with Gasteiger partial charge in [0.2, 0.25) is 0 Å². The molecule has 1 saturated heterocycles. The summed E-state index contributed by atoms with van der Waals surface area (Å²) >= 11 is 0. The molecule has 0 N–H and O–H groups in total. The van der Waals surface area contributed by atoms with Gasteiger partial charge in [-0.1, -0.05) is 18.6 Å². The highest BCUT2D eigenvalue weighted by Crippen LogP contribution is 2.37. The minimum atomic E-state index is -0.689. The molecular weight excluding hydrogens is 495 g/mol. The Morgan fingerprint density at radius 3 is 2.08 bits per heavy atom. The SMILES string of the molecule is CC(C)(C)OC(=O)N(Cc1cc2ccc(B3OC(C)(C)C(C)(C)O3)cc2n1C(=O)OC(C)(C)C)CC1CCC1. The fourth-order valence-electron chi connectivity index (χ4n) is 4.75. The molecule has 1 aliphatic carbocycles. The number of benzene rings is 1. The summed E-state index contributed by atoms with van der Waals surface area (Å²) in [6.07, 6.45) is 2.48. The van der Waals surface area contributed by atoms with Crippen LogP contribution in [0, 0.1) is 5.92 Å². The number of amides is 1. The molecule has 1 amide bonds. The van der Waals surface area contributed by atoms with Crippen molar-refractivity contribution < 1.29 is 28.4 Å². The molecule has 4 rings (SSSR count). The molecule has 0 spiro atoms. The fourth-order valence-corrected chi connectivity index (χ4v) is 4.75. The van der Waals surface area contributed by atoms with Gasteiger partial charge in [-0.25, -0.2) is 14.2 Å². The Labute approximate surface area is 233 Å². The molecule has 214 valence electrons. The van der Waals surface area contributed by atoms with E-state index in [0.717, 1.165) is 23.7 Å². The highest BCUT2D eigenvalue weighted by atomic mass is 16.7. The Balaban J connectivity index is 1.74. The molecule has 1 aromatic heterocycles. The molecule has 1 aromatic carbocycles. The zero-order valence-corrected chi connectivity index (χ0v) is 25.3. The normalized spacial score (nSPS) is 19.2. The van der Waals surface area contributed by atoms with Crippen LogP contribution >= 0.6 is 0 Å². The van der Waals surface area contributed by atoms with Crippen molar-refractivity contribution >= 4 is 35.7 Å². The molecule has 1 saturated carbocycles. The fraction of sp³-hybridized carbons (Fsp3) is 0.667. The van der Waals surface area contributed by atoms with Gasteiger partial charge in [0.15, 0.2) is 0 Å². The zero-order valence-electron chi connectivity index (χ0n) is 25.3. The first kappa shape index (κ1) is 29.5. The molecule has 0 bridgehead atoms. The van der Waals surface area contributed by atoms with Crippen LogP contribution in [0.5, 0.6) is 0 Å². The van der Waals surface area contributed by atoms with E-state index in [0.29, 0.717) is 23.7 Å². The maximum atomic E-state index is 13.6. The summed E-state index contributed by atoms with van der Waals surface area (Å²) in [5.74, 6) is 0.437. The zero-order chi connectivity index (χ0) is 29.0. The molecule has 0 unspecified atom stereocenters. The summed E-state index contributed by atoms with van der Waals surface area (Å²) in [6, 6.07) is 7.80. The molecule has 8 nitrogen and oxygen atoms in total. The van der Waals surface area contributed by atoms with Gasteiger partial charge >= 0.3 is 19.3 Å². The van der Waals surface area contributed by atoms with Crippen LogP contribution in [0.3, 0.4) is 0 Å². The minimum Gasteiger partial charge on any atom is -0.444 e. The van der Waals surface area contributed by atoms with Crippen molar-refractivity contribution in [2.24, 2.45) is 5.92 Å². The Kier molecular flexibility index (Phi) is 7.67. The Morgan fingerprint density at radius 2 is 1.56 bits per heavy atom. The van der Waals surface area contributed by atoms with Crippen LogP contribution in [0.1, 0.15) is 94.2 Å². The summed E-state index contributed by atoms with van der Waals surface area (Å²) < 4.78 is 25.7. The van der Waals surface area contributed by atoms with E-state index >= 15 is 0 Å². The lowest BCUT2D eigenvalue weighted by molar-refractivity contribution is 0.00578. The Morgan fingerprint density at radius 1 is 0.974 bits per heavy atom. The van der Waals surface area contributed by atoms with Gasteiger partial charge in [-0.2, -0.15) is 0 Å². The average molecular weight is 541 g/mol. The number of hydrogen-bond donors (Lipinski definition) is 0. The van der Waals surface area contributed by atoms with Crippen LogP contribution in [-0.2, 0) is 25.3 Å². The molecule has 0 radical (unpaired) electrons. The van der Waals surface area contributed by atoms with Crippen LogP contribution in [-0.4, -0.2) is 57.7 Å². The standard InChI is InChI=1S/C30H45BN2O6/c1-27(2,3)36-25(34)32(18-20-12-11-13-20)19-23-16-21-14-15-22(31-38-29(7,8)30(9,10)39-31)17-24(21)33(23)26(35)37-28(4,5)6/h14-17,20H,11-13,18-19H2,1-10H3. The molecule has 2 fully saturated rings. The first-order chi connectivity index (χ1) is 17.9. The van der Waals surface area contributed by atoms with Crippen molar-refractivity contribution in [1.29, 1.82) is 0 Å². The largest absolute Gasteiger partial charge is 0.494 e. The van der Waals surface area contributed by atoms with Gasteiger partial charge in [0.1, 0.15) is 11.2 Å². The van der Waals surface area contributed by atoms with Gasteiger partial charge in [0.05, 0.1) is 23.3 Å². The third kappa shape index (κ3) is 6.63. The lowest BCUT2D eigenvalue weighted by Crippen LogP contribution is -2.41. The summed E-state index contributed by atoms with van der Waals surface area (Å²) in [7, 11) is -0.568. The van der Waals surface area contributed by atoms with Crippen molar-refractivity contribution in [2.45, 2.75) is 117 Å². The highest BCUT2D eigenvalue weighted by Gasteiger charge is 2.51. The van der Waals surface area contributed by atoms with Crippen LogP contribution in [0.15, 0.2) is 24.3 Å². The topological polar surface area (TPSA) is 79.2 Å². The Bertz CT molecular complexity index is 1220. The average Bonchev–Trinajstić information content (AvgIpc) is 3.19. The lowest BCUT2D eigenvalue weighted by Gasteiger charge is -2.33. The number of nitrogens with zero attached hydrogens (tertiary/aromatic N) is 2. The predicted molar refractivity (Wildman–Crippen MR) is 153 cm³/mol. The second-order valence-corrected chi connectivity index (χ2v) is 14.0. The Hall–Kier alpha value is -2.52. The highest BCUT2D eigenvalue weighted by molar-refractivity contribution is 6.62. The smallest absolute Gasteiger partial charge is 0.444 e. The van der Waals surface area contributed by atoms with Crippen LogP contribution in [0.2, 0.25) is 0 Å². The predicted octanol–water partition coefficient (Wildman–Crippen LogP) is 6.26. The van der Waals surface area contributed by atoms with Crippen LogP contribution < -0.4 is 5.46 Å². The van der Waals surface area contributed by atoms with Crippen LogP contribution in [0.25, 0.3) is 10.9 Å². The number of carbonyl (C=O) groups is 2. The van der Waals surface area contributed by atoms with E-state index in [-0.39, 0.29) is 12.6 Å². The summed E-state index contributed by atoms with van der Waals surface area (Å²) in [5, 5.41) is 0.865. The lowest BCUT2D eigenvalue weighted by atomic mass is 9.79. The second-order valence-electron chi connectivity index (χ2n) is 14.0. The maximum Gasteiger partial charge on any atom is 0.494 e. The summed E-state index contributed by atoms with van der Waals surface area (Å²) in [6.45, 7) is 20.0. The molecule has 0 atom stereocenters. The van der Waals surface area contributed by atoms with Crippen molar-refractivity contribution in [1.82, 2.24) is 9.47 Å². The molecule has 2 aliphatic rings. The van der Waals surface area contributed by atoms with Crippen molar-refractivity contribution in [3.05, 3.63) is 30.0 Å². The van der Waals surface area contributed by atoms with Gasteiger partial charge < -0.3 is 23.7 Å². The first-order valence-electron chi connectivity index (χ1n) is 14.1. The monoisotopic (exact) mass is 540 g/mol. The molecule has 39 heavy (non-hydrogen) atoms. The quantitative estimate of drug-likeness (QED) is 0.417. The van der Waals surface area contributed by atoms with Crippen molar-refractivity contribution in [3.63, 3.8) is 0 Å². The number of aromatic nitrogens is 1. The van der Waals surface area contributed by atoms with Gasteiger partial charge in [0, 0.05) is 17.6 Å². The van der Waals surface area contributed by atoms with Crippen molar-refractivity contribution in [2.75, 3.05) is 6.54 Å². The van der Waals surface area contributed by atoms with E-state index in [1.54, 1.807) is 9.47 Å². The number of carbonyl (C=O) groups excluding carboxylic acids is 2. The van der Waals surface area contributed by atoms with Gasteiger partial charge in [-0.05, 0) is 106 Å². The minimum absolute atomic E-state index is 0.227. The van der Waals surface area contributed by atoms with E-state index in [1.165, 1.54) is 6.42 Å². The van der Waals surface area contributed by atoms with Crippen molar-refractivity contribution in [3.8, 4) is 0 Å². The van der Waals surface area contributed by atoms with E-state index in [9.17, 15) is 9.59 Å². The molecule has 9 heteroatoms. The van der Waals surface area contributed by atoms with E-state index in [1.807, 2.05) is 93.5 Å². The summed E-state index contributed by atoms with van der Waals surface area (Å²) in [4.78, 5) is 28.6. The molecule has 1 aliphatic heterocycles. The number of fused-ring (bicyclic) bond motifs is 1. The number of hydrogen-bond acceptors (Lipinski definition) is 6. The third-order valence-corrected chi connectivity index (χ3v) is 7.71. The van der Waals surface area contributed by atoms with E-state index < -0.39 is 35.6 Å². The van der Waals surface area contributed by atoms with Gasteiger partial charge in [-0.3, -0.25) is 0 Å². The van der Waals surface area contributed by atoms with E-state index in [4.69, 9.17) is 18.8 Å². The third-order valence-electron chi connectivity index (χ3n) is 7.71. The summed E-state index contributed by atoms with van der Waals surface area (Å²) in [5.41, 5.74) is -0.125.